The van der Waals surface area contributed by atoms with Crippen LogP contribution in [0.15, 0.2) is 12.1 Å². The number of hydrogen-bond donors (Lipinski definition) is 2. The molecule has 1 heterocycles. The molecule has 0 radical (unpaired) electrons. The van der Waals surface area contributed by atoms with Crippen LogP contribution in [0.2, 0.25) is 0 Å². The number of carbonyl (C=O) groups excluding carboxylic acids is 1. The lowest BCUT2D eigenvalue weighted by molar-refractivity contribution is 0.0535. The van der Waals surface area contributed by atoms with Crippen LogP contribution in [0.5, 0.6) is 0 Å². The second kappa shape index (κ2) is 5.08. The molecule has 1 aromatic rings. The maximum Gasteiger partial charge on any atom is 0.338 e. The standard InChI is InChI=1S/C14H18N2O4S/c1-8-10(4-5-11-12(8)7-20-14(11)17)13(6-15)16-21(18,19)9-2-3-9/h4-5,9,13,16H,2-3,6-7,15H2,1H3. The lowest BCUT2D eigenvalue weighted by Crippen LogP contribution is -2.36. The van der Waals surface area contributed by atoms with Crippen molar-refractivity contribution in [1.82, 2.24) is 4.72 Å². The van der Waals surface area contributed by atoms with E-state index in [1.165, 1.54) is 0 Å². The molecule has 0 amide bonds. The average Bonchev–Trinajstić information content (AvgIpc) is 3.23. The van der Waals surface area contributed by atoms with Gasteiger partial charge in [0.1, 0.15) is 6.61 Å². The van der Waals surface area contributed by atoms with Gasteiger partial charge in [-0.25, -0.2) is 17.9 Å². The van der Waals surface area contributed by atoms with Crippen LogP contribution in [-0.4, -0.2) is 26.2 Å². The summed E-state index contributed by atoms with van der Waals surface area (Å²) in [6, 6.07) is 2.96. The molecule has 1 aliphatic carbocycles. The number of carbonyl (C=O) groups is 1. The maximum absolute atomic E-state index is 12.1. The summed E-state index contributed by atoms with van der Waals surface area (Å²) in [5.74, 6) is -0.331. The molecule has 1 aliphatic heterocycles. The van der Waals surface area contributed by atoms with E-state index in [9.17, 15) is 13.2 Å². The molecule has 6 nitrogen and oxygen atoms in total. The number of sulfonamides is 1. The molecule has 0 saturated heterocycles. The van der Waals surface area contributed by atoms with Gasteiger partial charge in [-0.15, -0.1) is 0 Å². The normalized spacial score (nSPS) is 19.2. The van der Waals surface area contributed by atoms with Gasteiger partial charge in [-0.3, -0.25) is 0 Å². The third-order valence-corrected chi connectivity index (χ3v) is 6.05. The molecule has 1 fully saturated rings. The van der Waals surface area contributed by atoms with Crippen molar-refractivity contribution >= 4 is 16.0 Å². The second-order valence-corrected chi connectivity index (χ2v) is 7.52. The first-order valence-electron chi connectivity index (χ1n) is 6.94. The Morgan fingerprint density at radius 3 is 2.76 bits per heavy atom. The highest BCUT2D eigenvalue weighted by molar-refractivity contribution is 7.90. The van der Waals surface area contributed by atoms with Gasteiger partial charge in [-0.1, -0.05) is 6.07 Å². The van der Waals surface area contributed by atoms with Gasteiger partial charge in [-0.2, -0.15) is 0 Å². The smallest absolute Gasteiger partial charge is 0.338 e. The van der Waals surface area contributed by atoms with Crippen LogP contribution < -0.4 is 10.5 Å². The molecule has 0 bridgehead atoms. The average molecular weight is 310 g/mol. The molecule has 1 atom stereocenters. The number of rotatable bonds is 5. The van der Waals surface area contributed by atoms with Crippen molar-refractivity contribution in [1.29, 1.82) is 0 Å². The van der Waals surface area contributed by atoms with E-state index in [4.69, 9.17) is 10.5 Å². The molecule has 3 N–H and O–H groups in total. The Labute approximate surface area is 123 Å². The van der Waals surface area contributed by atoms with E-state index in [2.05, 4.69) is 4.72 Å². The first kappa shape index (κ1) is 14.5. The third-order valence-electron chi connectivity index (χ3n) is 4.09. The van der Waals surface area contributed by atoms with E-state index in [1.54, 1.807) is 12.1 Å². The van der Waals surface area contributed by atoms with E-state index >= 15 is 0 Å². The molecule has 2 aliphatic rings. The zero-order valence-electron chi connectivity index (χ0n) is 11.8. The summed E-state index contributed by atoms with van der Waals surface area (Å²) in [6.07, 6.45) is 1.41. The topological polar surface area (TPSA) is 98.5 Å². The Hall–Kier alpha value is -1.44. The minimum Gasteiger partial charge on any atom is -0.457 e. The third kappa shape index (κ3) is 2.56. The van der Waals surface area contributed by atoms with Crippen LogP contribution in [0, 0.1) is 6.92 Å². The number of cyclic esters (lactones) is 1. The number of nitrogens with one attached hydrogen (secondary N) is 1. The van der Waals surface area contributed by atoms with Crippen molar-refractivity contribution in [3.8, 4) is 0 Å². The molecule has 7 heteroatoms. The number of nitrogens with two attached hydrogens (primary N) is 1. The van der Waals surface area contributed by atoms with E-state index in [-0.39, 0.29) is 24.4 Å². The summed E-state index contributed by atoms with van der Waals surface area (Å²) in [5.41, 5.74) is 8.79. The van der Waals surface area contributed by atoms with Gasteiger partial charge in [0.15, 0.2) is 0 Å². The monoisotopic (exact) mass is 310 g/mol. The highest BCUT2D eigenvalue weighted by Crippen LogP contribution is 2.32. The van der Waals surface area contributed by atoms with Gasteiger partial charge in [-0.05, 0) is 37.0 Å². The largest absolute Gasteiger partial charge is 0.457 e. The molecule has 21 heavy (non-hydrogen) atoms. The van der Waals surface area contributed by atoms with E-state index in [0.717, 1.165) is 16.7 Å². The van der Waals surface area contributed by atoms with E-state index in [1.807, 2.05) is 6.92 Å². The van der Waals surface area contributed by atoms with Crippen molar-refractivity contribution < 1.29 is 17.9 Å². The number of fused-ring (bicyclic) bond motifs is 1. The lowest BCUT2D eigenvalue weighted by Gasteiger charge is -2.20. The first-order valence-corrected chi connectivity index (χ1v) is 8.49. The SMILES string of the molecule is Cc1c(C(CN)NS(=O)(=O)C2CC2)ccc2c1COC2=O. The maximum atomic E-state index is 12.1. The Kier molecular flexibility index (Phi) is 3.51. The van der Waals surface area contributed by atoms with Gasteiger partial charge in [0.05, 0.1) is 16.9 Å². The highest BCUT2D eigenvalue weighted by Gasteiger charge is 2.37. The Balaban J connectivity index is 1.93. The van der Waals surface area contributed by atoms with Gasteiger partial charge in [0.25, 0.3) is 0 Å². The van der Waals surface area contributed by atoms with Crippen molar-refractivity contribution in [2.75, 3.05) is 6.54 Å². The second-order valence-electron chi connectivity index (χ2n) is 5.53. The predicted octanol–water partition coefficient (Wildman–Crippen LogP) is 0.747. The van der Waals surface area contributed by atoms with Crippen molar-refractivity contribution in [3.63, 3.8) is 0 Å². The summed E-state index contributed by atoms with van der Waals surface area (Å²) in [5, 5.41) is -0.286. The Morgan fingerprint density at radius 2 is 2.14 bits per heavy atom. The Morgan fingerprint density at radius 1 is 1.43 bits per heavy atom. The number of esters is 1. The van der Waals surface area contributed by atoms with Crippen LogP contribution in [0.1, 0.15) is 45.9 Å². The minimum atomic E-state index is -3.32. The summed E-state index contributed by atoms with van der Waals surface area (Å²) in [7, 11) is -3.32. The fourth-order valence-corrected chi connectivity index (χ4v) is 4.23. The van der Waals surface area contributed by atoms with Crippen molar-refractivity contribution in [2.45, 2.75) is 37.7 Å². The van der Waals surface area contributed by atoms with E-state index in [0.29, 0.717) is 18.4 Å². The summed E-state index contributed by atoms with van der Waals surface area (Å²) < 4.78 is 31.9. The van der Waals surface area contributed by atoms with Crippen LogP contribution in [0.25, 0.3) is 0 Å². The molecule has 0 aromatic heterocycles. The molecular weight excluding hydrogens is 292 g/mol. The number of ether oxygens (including phenoxy) is 1. The highest BCUT2D eigenvalue weighted by atomic mass is 32.2. The van der Waals surface area contributed by atoms with Crippen molar-refractivity contribution in [2.24, 2.45) is 5.73 Å². The zero-order chi connectivity index (χ0) is 15.2. The van der Waals surface area contributed by atoms with E-state index < -0.39 is 16.1 Å². The molecule has 1 saturated carbocycles. The van der Waals surface area contributed by atoms with Crippen LogP contribution in [-0.2, 0) is 21.4 Å². The minimum absolute atomic E-state index is 0.167. The Bertz CT molecular complexity index is 695. The lowest BCUT2D eigenvalue weighted by atomic mass is 9.94. The molecule has 3 rings (SSSR count). The number of benzene rings is 1. The quantitative estimate of drug-likeness (QED) is 0.782. The summed E-state index contributed by atoms with van der Waals surface area (Å²) in [6.45, 7) is 2.27. The van der Waals surface area contributed by atoms with Gasteiger partial charge >= 0.3 is 5.97 Å². The summed E-state index contributed by atoms with van der Waals surface area (Å²) >= 11 is 0. The zero-order valence-corrected chi connectivity index (χ0v) is 12.6. The predicted molar refractivity (Wildman–Crippen MR) is 77.2 cm³/mol. The molecule has 1 aromatic carbocycles. The van der Waals surface area contributed by atoms with Gasteiger partial charge in [0.2, 0.25) is 10.0 Å². The first-order chi connectivity index (χ1) is 9.94. The molecule has 0 spiro atoms. The fourth-order valence-electron chi connectivity index (χ4n) is 2.66. The molecular formula is C14H18N2O4S. The van der Waals surface area contributed by atoms with Gasteiger partial charge in [0, 0.05) is 12.1 Å². The van der Waals surface area contributed by atoms with Crippen molar-refractivity contribution in [3.05, 3.63) is 34.4 Å². The number of hydrogen-bond acceptors (Lipinski definition) is 5. The van der Waals surface area contributed by atoms with Crippen LogP contribution in [0.4, 0.5) is 0 Å². The fraction of sp³-hybridized carbons (Fsp3) is 0.500. The van der Waals surface area contributed by atoms with Crippen LogP contribution >= 0.6 is 0 Å². The molecule has 1 unspecified atom stereocenters. The summed E-state index contributed by atoms with van der Waals surface area (Å²) in [4.78, 5) is 11.5. The van der Waals surface area contributed by atoms with Crippen LogP contribution in [0.3, 0.4) is 0 Å². The molecule has 114 valence electrons. The van der Waals surface area contributed by atoms with Gasteiger partial charge < -0.3 is 10.5 Å².